The van der Waals surface area contributed by atoms with Crippen molar-refractivity contribution in [3.63, 3.8) is 0 Å². The van der Waals surface area contributed by atoms with Gasteiger partial charge in [0.25, 0.3) is 0 Å². The first-order valence-corrected chi connectivity index (χ1v) is 6.03. The third-order valence-corrected chi connectivity index (χ3v) is 2.63. The summed E-state index contributed by atoms with van der Waals surface area (Å²) in [6.45, 7) is 4.77. The maximum absolute atomic E-state index is 13.5. The largest absolute Gasteiger partial charge is 0.508 e. The maximum Gasteiger partial charge on any atom is 0.221 e. The second-order valence-electron chi connectivity index (χ2n) is 4.09. The fourth-order valence-electron chi connectivity index (χ4n) is 1.66. The van der Waals surface area contributed by atoms with Gasteiger partial charge < -0.3 is 15.7 Å². The Labute approximate surface area is 106 Å². The quantitative estimate of drug-likeness (QED) is 0.724. The Morgan fingerprint density at radius 1 is 1.50 bits per heavy atom. The summed E-state index contributed by atoms with van der Waals surface area (Å²) in [5, 5.41) is 14.9. The highest BCUT2D eigenvalue weighted by Gasteiger charge is 2.11. The Hall–Kier alpha value is -1.62. The predicted octanol–water partition coefficient (Wildman–Crippen LogP) is 1.71. The van der Waals surface area contributed by atoms with Gasteiger partial charge in [0.1, 0.15) is 11.6 Å². The summed E-state index contributed by atoms with van der Waals surface area (Å²) in [5.41, 5.74) is 0.476. The minimum Gasteiger partial charge on any atom is -0.508 e. The molecule has 1 aromatic carbocycles. The van der Waals surface area contributed by atoms with E-state index < -0.39 is 5.82 Å². The molecule has 1 amide bonds. The summed E-state index contributed by atoms with van der Waals surface area (Å²) in [6, 6.07) is 3.85. The van der Waals surface area contributed by atoms with E-state index in [1.165, 1.54) is 12.1 Å². The topological polar surface area (TPSA) is 61.4 Å². The number of hydrogen-bond acceptors (Lipinski definition) is 3. The highest BCUT2D eigenvalue weighted by atomic mass is 19.1. The molecule has 1 aromatic rings. The Bertz CT molecular complexity index is 410. The molecule has 0 aromatic heterocycles. The second-order valence-corrected chi connectivity index (χ2v) is 4.09. The number of phenols is 1. The number of amides is 1. The lowest BCUT2D eigenvalue weighted by atomic mass is 10.1. The van der Waals surface area contributed by atoms with Crippen molar-refractivity contribution in [2.45, 2.75) is 26.3 Å². The number of benzene rings is 1. The minimum atomic E-state index is -0.451. The van der Waals surface area contributed by atoms with Crippen LogP contribution in [0.2, 0.25) is 0 Å². The molecule has 0 heterocycles. The van der Waals surface area contributed by atoms with Crippen molar-refractivity contribution in [2.24, 2.45) is 0 Å². The Morgan fingerprint density at radius 3 is 2.83 bits per heavy atom. The van der Waals surface area contributed by atoms with Crippen LogP contribution in [-0.4, -0.2) is 24.1 Å². The number of hydrogen-bond donors (Lipinski definition) is 3. The molecule has 3 N–H and O–H groups in total. The first-order chi connectivity index (χ1) is 8.54. The normalized spacial score (nSPS) is 12.2. The zero-order chi connectivity index (χ0) is 13.5. The van der Waals surface area contributed by atoms with Crippen molar-refractivity contribution in [1.29, 1.82) is 0 Å². The van der Waals surface area contributed by atoms with Gasteiger partial charge in [0.05, 0.1) is 0 Å². The van der Waals surface area contributed by atoms with Crippen LogP contribution in [0.1, 0.15) is 31.9 Å². The van der Waals surface area contributed by atoms with Crippen molar-refractivity contribution in [2.75, 3.05) is 13.1 Å². The molecule has 0 saturated heterocycles. The zero-order valence-electron chi connectivity index (χ0n) is 10.7. The van der Waals surface area contributed by atoms with Crippen LogP contribution in [0, 0.1) is 5.82 Å². The van der Waals surface area contributed by atoms with E-state index in [9.17, 15) is 9.18 Å². The van der Waals surface area contributed by atoms with Crippen LogP contribution in [-0.2, 0) is 4.79 Å². The number of carbonyl (C=O) groups excluding carboxylic acids is 1. The van der Waals surface area contributed by atoms with E-state index in [1.54, 1.807) is 0 Å². The standard InChI is InChI=1S/C13H19FN2O2/c1-3-15-13(18)6-7-16-9(2)11-5-4-10(17)8-12(11)14/h4-5,8-9,16-17H,3,6-7H2,1-2H3,(H,15,18). The lowest BCUT2D eigenvalue weighted by molar-refractivity contribution is -0.120. The van der Waals surface area contributed by atoms with Crippen LogP contribution in [0.4, 0.5) is 4.39 Å². The van der Waals surface area contributed by atoms with Crippen molar-refractivity contribution < 1.29 is 14.3 Å². The number of nitrogens with one attached hydrogen (secondary N) is 2. The van der Waals surface area contributed by atoms with Crippen LogP contribution >= 0.6 is 0 Å². The van der Waals surface area contributed by atoms with E-state index in [4.69, 9.17) is 5.11 Å². The first kappa shape index (κ1) is 14.4. The first-order valence-electron chi connectivity index (χ1n) is 6.03. The third-order valence-electron chi connectivity index (χ3n) is 2.63. The lowest BCUT2D eigenvalue weighted by Gasteiger charge is -2.15. The lowest BCUT2D eigenvalue weighted by Crippen LogP contribution is -2.28. The number of rotatable bonds is 6. The molecule has 0 saturated carbocycles. The van der Waals surface area contributed by atoms with Crippen LogP contribution < -0.4 is 10.6 Å². The predicted molar refractivity (Wildman–Crippen MR) is 67.8 cm³/mol. The Balaban J connectivity index is 2.45. The van der Waals surface area contributed by atoms with Crippen molar-refractivity contribution in [3.05, 3.63) is 29.6 Å². The number of phenolic OH excluding ortho intramolecular Hbond substituents is 1. The molecule has 5 heteroatoms. The second kappa shape index (κ2) is 6.96. The molecular formula is C13H19FN2O2. The van der Waals surface area contributed by atoms with Crippen molar-refractivity contribution in [3.8, 4) is 5.75 Å². The molecule has 0 radical (unpaired) electrons. The summed E-state index contributed by atoms with van der Waals surface area (Å²) >= 11 is 0. The summed E-state index contributed by atoms with van der Waals surface area (Å²) in [6.07, 6.45) is 0.359. The van der Waals surface area contributed by atoms with Gasteiger partial charge in [-0.3, -0.25) is 4.79 Å². The molecule has 4 nitrogen and oxygen atoms in total. The van der Waals surface area contributed by atoms with E-state index in [2.05, 4.69) is 10.6 Å². The molecule has 0 aliphatic heterocycles. The molecule has 1 rings (SSSR count). The molecular weight excluding hydrogens is 235 g/mol. The molecule has 0 aliphatic rings. The highest BCUT2D eigenvalue weighted by molar-refractivity contribution is 5.75. The van der Waals surface area contributed by atoms with Crippen LogP contribution in [0.5, 0.6) is 5.75 Å². The molecule has 1 unspecified atom stereocenters. The van der Waals surface area contributed by atoms with Gasteiger partial charge in [0.15, 0.2) is 0 Å². The van der Waals surface area contributed by atoms with Crippen molar-refractivity contribution in [1.82, 2.24) is 10.6 Å². The van der Waals surface area contributed by atoms with Crippen LogP contribution in [0.3, 0.4) is 0 Å². The Kier molecular flexibility index (Phi) is 5.58. The van der Waals surface area contributed by atoms with Crippen LogP contribution in [0.15, 0.2) is 18.2 Å². The summed E-state index contributed by atoms with van der Waals surface area (Å²) in [7, 11) is 0. The van der Waals surface area contributed by atoms with Gasteiger partial charge in [-0.2, -0.15) is 0 Å². The zero-order valence-corrected chi connectivity index (χ0v) is 10.7. The molecule has 0 bridgehead atoms. The monoisotopic (exact) mass is 254 g/mol. The van der Waals surface area contributed by atoms with Gasteiger partial charge in [-0.05, 0) is 19.9 Å². The molecule has 0 fully saturated rings. The molecule has 0 aliphatic carbocycles. The van der Waals surface area contributed by atoms with Gasteiger partial charge in [-0.25, -0.2) is 4.39 Å². The summed E-state index contributed by atoms with van der Waals surface area (Å²) in [5.74, 6) is -0.567. The van der Waals surface area contributed by atoms with Crippen molar-refractivity contribution >= 4 is 5.91 Å². The molecule has 18 heavy (non-hydrogen) atoms. The van der Waals surface area contributed by atoms with Crippen LogP contribution in [0.25, 0.3) is 0 Å². The van der Waals surface area contributed by atoms with Gasteiger partial charge in [-0.1, -0.05) is 6.07 Å². The molecule has 1 atom stereocenters. The van der Waals surface area contributed by atoms with Gasteiger partial charge in [-0.15, -0.1) is 0 Å². The number of carbonyl (C=O) groups is 1. The SMILES string of the molecule is CCNC(=O)CCNC(C)c1ccc(O)cc1F. The maximum atomic E-state index is 13.5. The minimum absolute atomic E-state index is 0.0246. The fraction of sp³-hybridized carbons (Fsp3) is 0.462. The molecule has 0 spiro atoms. The average molecular weight is 254 g/mol. The van der Waals surface area contributed by atoms with Gasteiger partial charge in [0, 0.05) is 37.2 Å². The number of halogens is 1. The highest BCUT2D eigenvalue weighted by Crippen LogP contribution is 2.20. The fourth-order valence-corrected chi connectivity index (χ4v) is 1.66. The smallest absolute Gasteiger partial charge is 0.221 e. The number of aromatic hydroxyl groups is 1. The molecule has 100 valence electrons. The Morgan fingerprint density at radius 2 is 2.22 bits per heavy atom. The van der Waals surface area contributed by atoms with E-state index >= 15 is 0 Å². The van der Waals surface area contributed by atoms with E-state index in [0.29, 0.717) is 25.1 Å². The third kappa shape index (κ3) is 4.33. The van der Waals surface area contributed by atoms with Gasteiger partial charge in [0.2, 0.25) is 5.91 Å². The van der Waals surface area contributed by atoms with Gasteiger partial charge >= 0.3 is 0 Å². The summed E-state index contributed by atoms with van der Waals surface area (Å²) in [4.78, 5) is 11.2. The average Bonchev–Trinajstić information content (AvgIpc) is 2.29. The van der Waals surface area contributed by atoms with E-state index in [1.807, 2.05) is 13.8 Å². The van der Waals surface area contributed by atoms with E-state index in [-0.39, 0.29) is 17.7 Å². The summed E-state index contributed by atoms with van der Waals surface area (Å²) < 4.78 is 13.5. The van der Waals surface area contributed by atoms with E-state index in [0.717, 1.165) is 6.07 Å².